The number of carbonyl (C=O) groups is 2. The van der Waals surface area contributed by atoms with Crippen LogP contribution in [0.15, 0.2) is 41.5 Å². The molecule has 0 radical (unpaired) electrons. The van der Waals surface area contributed by atoms with E-state index in [1.807, 2.05) is 13.0 Å². The molecule has 0 bridgehead atoms. The Morgan fingerprint density at radius 3 is 2.52 bits per heavy atom. The van der Waals surface area contributed by atoms with Crippen LogP contribution < -0.4 is 4.74 Å². The first kappa shape index (κ1) is 24.5. The van der Waals surface area contributed by atoms with Gasteiger partial charge in [0.1, 0.15) is 12.2 Å². The van der Waals surface area contributed by atoms with Crippen LogP contribution in [0.2, 0.25) is 0 Å². The van der Waals surface area contributed by atoms with E-state index in [9.17, 15) is 14.7 Å². The first-order valence-electron chi connectivity index (χ1n) is 10.6. The minimum Gasteiger partial charge on any atom is -0.504 e. The van der Waals surface area contributed by atoms with Crippen molar-refractivity contribution in [3.05, 3.63) is 47.1 Å². The number of rotatable bonds is 4. The van der Waals surface area contributed by atoms with Crippen molar-refractivity contribution in [1.29, 1.82) is 0 Å². The number of esters is 2. The molecule has 0 saturated carbocycles. The Bertz CT molecular complexity index is 865. The summed E-state index contributed by atoms with van der Waals surface area (Å²) in [5, 5.41) is 9.78. The van der Waals surface area contributed by atoms with Crippen molar-refractivity contribution in [3.8, 4) is 11.5 Å². The van der Waals surface area contributed by atoms with Crippen LogP contribution in [-0.2, 0) is 14.3 Å². The summed E-state index contributed by atoms with van der Waals surface area (Å²) >= 11 is 0. The van der Waals surface area contributed by atoms with E-state index in [0.717, 1.165) is 24.8 Å². The summed E-state index contributed by atoms with van der Waals surface area (Å²) < 4.78 is 16.6. The number of methoxy groups -OCH3 is 1. The van der Waals surface area contributed by atoms with Crippen molar-refractivity contribution in [2.24, 2.45) is 5.41 Å². The number of aromatic hydroxyl groups is 1. The van der Waals surface area contributed by atoms with Crippen LogP contribution in [0.25, 0.3) is 0 Å². The Morgan fingerprint density at radius 1 is 1.16 bits per heavy atom. The van der Waals surface area contributed by atoms with Crippen molar-refractivity contribution in [2.75, 3.05) is 7.11 Å². The molecule has 1 N–H and O–H groups in total. The summed E-state index contributed by atoms with van der Waals surface area (Å²) in [6.45, 7) is 9.56. The van der Waals surface area contributed by atoms with Crippen molar-refractivity contribution in [3.63, 3.8) is 0 Å². The molecule has 0 aliphatic heterocycles. The van der Waals surface area contributed by atoms with E-state index in [1.54, 1.807) is 0 Å². The van der Waals surface area contributed by atoms with Crippen LogP contribution in [-0.4, -0.2) is 36.4 Å². The molecule has 2 atom stereocenters. The molecule has 0 saturated heterocycles. The van der Waals surface area contributed by atoms with Gasteiger partial charge < -0.3 is 19.3 Å². The number of allylic oxidation sites excluding steroid dienone is 1. The Hall–Kier alpha value is -2.76. The molecule has 1 aliphatic carbocycles. The zero-order valence-corrected chi connectivity index (χ0v) is 19.4. The average Bonchev–Trinajstić information content (AvgIpc) is 2.70. The molecule has 6 nitrogen and oxygen atoms in total. The lowest BCUT2D eigenvalue weighted by Crippen LogP contribution is -2.33. The van der Waals surface area contributed by atoms with Gasteiger partial charge in [0.05, 0.1) is 12.7 Å². The molecule has 170 valence electrons. The molecule has 6 heteroatoms. The predicted molar refractivity (Wildman–Crippen MR) is 119 cm³/mol. The van der Waals surface area contributed by atoms with Crippen molar-refractivity contribution in [2.45, 2.75) is 72.5 Å². The summed E-state index contributed by atoms with van der Waals surface area (Å²) in [6.07, 6.45) is 6.44. The molecule has 31 heavy (non-hydrogen) atoms. The van der Waals surface area contributed by atoms with Crippen molar-refractivity contribution in [1.82, 2.24) is 0 Å². The van der Waals surface area contributed by atoms with E-state index in [1.165, 1.54) is 37.8 Å². The van der Waals surface area contributed by atoms with Crippen LogP contribution in [0.1, 0.15) is 70.7 Å². The van der Waals surface area contributed by atoms with Crippen molar-refractivity contribution < 1.29 is 28.9 Å². The lowest BCUT2D eigenvalue weighted by molar-refractivity contribution is -0.149. The van der Waals surface area contributed by atoms with Gasteiger partial charge >= 0.3 is 11.9 Å². The molecular formula is C25H34O6. The van der Waals surface area contributed by atoms with Gasteiger partial charge in [-0.15, -0.1) is 0 Å². The van der Waals surface area contributed by atoms with Crippen LogP contribution in [0, 0.1) is 5.41 Å². The molecule has 0 amide bonds. The number of hydrogen-bond acceptors (Lipinski definition) is 6. The summed E-state index contributed by atoms with van der Waals surface area (Å²) in [7, 11) is 1.42. The number of phenols is 1. The second kappa shape index (κ2) is 10.5. The van der Waals surface area contributed by atoms with Gasteiger partial charge in [0.25, 0.3) is 0 Å². The lowest BCUT2D eigenvalue weighted by Gasteiger charge is -2.32. The highest BCUT2D eigenvalue weighted by Gasteiger charge is 2.32. The molecule has 0 aromatic heterocycles. The minimum atomic E-state index is -0.514. The summed E-state index contributed by atoms with van der Waals surface area (Å²) in [5.74, 6) is -0.692. The summed E-state index contributed by atoms with van der Waals surface area (Å²) in [5.41, 5.74) is 2.09. The highest BCUT2D eigenvalue weighted by atomic mass is 16.5. The average molecular weight is 431 g/mol. The minimum absolute atomic E-state index is 0.0462. The second-order valence-corrected chi connectivity index (χ2v) is 8.85. The molecule has 0 spiro atoms. The first-order valence-corrected chi connectivity index (χ1v) is 10.6. The van der Waals surface area contributed by atoms with E-state index in [4.69, 9.17) is 14.2 Å². The van der Waals surface area contributed by atoms with Crippen molar-refractivity contribution >= 4 is 11.9 Å². The summed E-state index contributed by atoms with van der Waals surface area (Å²) in [6, 6.07) is 4.35. The first-order chi connectivity index (χ1) is 14.5. The summed E-state index contributed by atoms with van der Waals surface area (Å²) in [4.78, 5) is 24.6. The highest BCUT2D eigenvalue weighted by Crippen LogP contribution is 2.34. The van der Waals surface area contributed by atoms with Gasteiger partial charge in [-0.05, 0) is 63.0 Å². The van der Waals surface area contributed by atoms with E-state index in [0.29, 0.717) is 6.42 Å². The van der Waals surface area contributed by atoms with Gasteiger partial charge in [-0.1, -0.05) is 25.5 Å². The van der Waals surface area contributed by atoms with Crippen LogP contribution in [0.5, 0.6) is 11.5 Å². The molecule has 0 heterocycles. The predicted octanol–water partition coefficient (Wildman–Crippen LogP) is 5.35. The third kappa shape index (κ3) is 6.88. The van der Waals surface area contributed by atoms with E-state index in [2.05, 4.69) is 26.8 Å². The maximum atomic E-state index is 12.8. The standard InChI is InChI=1S/C25H34O6/c1-16-8-7-13-25(4,5)23(30-18(3)26)14-17(2)21(12-9-16)31-24(28)19-10-11-20(27)22(15-19)29-6/h9-11,14-15,21,23,27H,7-8,12-13H2,1-6H3/b16-9+,17-14-/t21-,23+/m1/s1. The van der Waals surface area contributed by atoms with E-state index in [-0.39, 0.29) is 28.4 Å². The zero-order valence-electron chi connectivity index (χ0n) is 19.4. The lowest BCUT2D eigenvalue weighted by atomic mass is 9.80. The van der Waals surface area contributed by atoms with E-state index < -0.39 is 18.2 Å². The van der Waals surface area contributed by atoms with Gasteiger partial charge in [0.2, 0.25) is 0 Å². The maximum absolute atomic E-state index is 12.8. The number of benzene rings is 1. The third-order valence-corrected chi connectivity index (χ3v) is 5.72. The number of carbonyl (C=O) groups excluding carboxylic acids is 2. The fraction of sp³-hybridized carbons (Fsp3) is 0.520. The molecule has 0 fully saturated rings. The van der Waals surface area contributed by atoms with Crippen LogP contribution >= 0.6 is 0 Å². The number of ether oxygens (including phenoxy) is 3. The molecule has 1 aromatic carbocycles. The fourth-order valence-electron chi connectivity index (χ4n) is 3.65. The maximum Gasteiger partial charge on any atom is 0.338 e. The Balaban J connectivity index is 2.36. The largest absolute Gasteiger partial charge is 0.504 e. The Kier molecular flexibility index (Phi) is 8.31. The normalized spacial score (nSPS) is 25.1. The fourth-order valence-corrected chi connectivity index (χ4v) is 3.65. The molecular weight excluding hydrogens is 396 g/mol. The van der Waals surface area contributed by atoms with Gasteiger partial charge in [0.15, 0.2) is 11.5 Å². The van der Waals surface area contributed by atoms with Crippen LogP contribution in [0.3, 0.4) is 0 Å². The molecule has 1 aliphatic rings. The topological polar surface area (TPSA) is 82.1 Å². The van der Waals surface area contributed by atoms with Crippen LogP contribution in [0.4, 0.5) is 0 Å². The smallest absolute Gasteiger partial charge is 0.338 e. The molecule has 1 aromatic rings. The molecule has 2 rings (SSSR count). The SMILES string of the molecule is COc1cc(C(=O)O[C@@H]2C/C=C(\C)CCCC(C)(C)[C@@H](OC(C)=O)/C=C\2C)ccc1O. The van der Waals surface area contributed by atoms with Gasteiger partial charge in [-0.3, -0.25) is 4.79 Å². The van der Waals surface area contributed by atoms with E-state index >= 15 is 0 Å². The van der Waals surface area contributed by atoms with Gasteiger partial charge in [-0.2, -0.15) is 0 Å². The molecule has 0 unspecified atom stereocenters. The number of phenolic OH excluding ortho intramolecular Hbond substituents is 1. The zero-order chi connectivity index (χ0) is 23.2. The highest BCUT2D eigenvalue weighted by molar-refractivity contribution is 5.90. The Labute approximate surface area is 184 Å². The Morgan fingerprint density at radius 2 is 1.87 bits per heavy atom. The number of hydrogen-bond donors (Lipinski definition) is 1. The van der Waals surface area contributed by atoms with Gasteiger partial charge in [0, 0.05) is 18.8 Å². The monoisotopic (exact) mass is 430 g/mol. The quantitative estimate of drug-likeness (QED) is 0.512. The van der Waals surface area contributed by atoms with Gasteiger partial charge in [-0.25, -0.2) is 4.79 Å². The third-order valence-electron chi connectivity index (χ3n) is 5.72. The second-order valence-electron chi connectivity index (χ2n) is 8.85.